The third-order valence-electron chi connectivity index (χ3n) is 6.77. The van der Waals surface area contributed by atoms with Gasteiger partial charge in [0.2, 0.25) is 5.91 Å². The highest BCUT2D eigenvalue weighted by Crippen LogP contribution is 2.51. The SMILES string of the molecule is C#CCCC(=O)N[C@@H]1C(O)C[C@@](OP(=O)(O)OC[C@H]2O[C@@H](n3ccc(N)nc3=O)C(O)C2O)(C(=O)O)OC1[C@H](O)[C@H](O)CO. The number of carboxylic acids is 1. The van der Waals surface area contributed by atoms with Gasteiger partial charge in [-0.1, -0.05) is 0 Å². The average Bonchev–Trinajstić information content (AvgIpc) is 3.23. The molecule has 1 amide bonds. The van der Waals surface area contributed by atoms with Crippen molar-refractivity contribution in [2.24, 2.45) is 0 Å². The number of ether oxygens (including phenoxy) is 2. The Bertz CT molecular complexity index is 1340. The Balaban J connectivity index is 1.79. The molecule has 5 unspecified atom stereocenters. The number of anilines is 1. The largest absolute Gasteiger partial charge is 0.477 e. The van der Waals surface area contributed by atoms with Crippen molar-refractivity contribution < 1.29 is 73.3 Å². The van der Waals surface area contributed by atoms with Crippen LogP contribution in [0.4, 0.5) is 5.82 Å². The third kappa shape index (κ3) is 7.97. The molecule has 0 saturated carbocycles. The molecule has 0 spiro atoms. The number of nitrogens with two attached hydrogens (primary N) is 1. The van der Waals surface area contributed by atoms with Gasteiger partial charge in [-0.15, -0.1) is 12.3 Å². The van der Waals surface area contributed by atoms with E-state index >= 15 is 0 Å². The lowest BCUT2D eigenvalue weighted by Gasteiger charge is -2.46. The van der Waals surface area contributed by atoms with Gasteiger partial charge in [-0.05, 0) is 6.07 Å². The zero-order chi connectivity index (χ0) is 33.0. The first kappa shape index (κ1) is 35.4. The predicted octanol–water partition coefficient (Wildman–Crippen LogP) is -4.88. The smallest absolute Gasteiger partial charge is 0.475 e. The molecule has 2 aliphatic heterocycles. The summed E-state index contributed by atoms with van der Waals surface area (Å²) in [6.07, 6.45) is -10.0. The van der Waals surface area contributed by atoms with E-state index in [0.717, 1.165) is 10.8 Å². The Morgan fingerprint density at radius 1 is 1.32 bits per heavy atom. The summed E-state index contributed by atoms with van der Waals surface area (Å²) in [7, 11) is -5.55. The molecule has 0 radical (unpaired) electrons. The van der Waals surface area contributed by atoms with Crippen molar-refractivity contribution in [2.75, 3.05) is 18.9 Å². The topological polar surface area (TPSA) is 323 Å². The van der Waals surface area contributed by atoms with Crippen LogP contribution in [0.1, 0.15) is 25.5 Å². The van der Waals surface area contributed by atoms with Crippen LogP contribution in [0, 0.1) is 12.3 Å². The highest BCUT2D eigenvalue weighted by Gasteiger charge is 2.59. The van der Waals surface area contributed by atoms with Gasteiger partial charge >= 0.3 is 19.5 Å². The second kappa shape index (κ2) is 14.4. The molecule has 11 atom stereocenters. The van der Waals surface area contributed by atoms with Gasteiger partial charge in [-0.25, -0.2) is 18.7 Å². The van der Waals surface area contributed by atoms with E-state index in [1.165, 1.54) is 6.07 Å². The van der Waals surface area contributed by atoms with Gasteiger partial charge in [-0.2, -0.15) is 4.98 Å². The van der Waals surface area contributed by atoms with Crippen molar-refractivity contribution in [1.29, 1.82) is 0 Å². The summed E-state index contributed by atoms with van der Waals surface area (Å²) < 4.78 is 34.0. The molecule has 2 aliphatic rings. The summed E-state index contributed by atoms with van der Waals surface area (Å²) in [6, 6.07) is -0.428. The molecule has 3 heterocycles. The molecule has 0 aromatic carbocycles. The molecule has 1 aromatic heterocycles. The second-order valence-corrected chi connectivity index (χ2v) is 11.3. The Hall–Kier alpha value is -3.03. The minimum Gasteiger partial charge on any atom is -0.477 e. The molecule has 20 nitrogen and oxygen atoms in total. The van der Waals surface area contributed by atoms with Gasteiger partial charge in [0, 0.05) is 25.5 Å². The fraction of sp³-hybridized carbons (Fsp3) is 0.652. The van der Waals surface area contributed by atoms with Crippen LogP contribution in [0.3, 0.4) is 0 Å². The number of nitrogen functional groups attached to an aromatic ring is 1. The van der Waals surface area contributed by atoms with Crippen molar-refractivity contribution in [3.63, 3.8) is 0 Å². The first-order valence-corrected chi connectivity index (χ1v) is 14.4. The predicted molar refractivity (Wildman–Crippen MR) is 141 cm³/mol. The van der Waals surface area contributed by atoms with Crippen LogP contribution in [0.5, 0.6) is 0 Å². The molecular formula is C23H33N4O16P. The first-order chi connectivity index (χ1) is 20.6. The zero-order valence-corrected chi connectivity index (χ0v) is 23.6. The quantitative estimate of drug-likeness (QED) is 0.0705. The lowest BCUT2D eigenvalue weighted by molar-refractivity contribution is -0.289. The van der Waals surface area contributed by atoms with Crippen molar-refractivity contribution >= 4 is 25.5 Å². The average molecular weight is 653 g/mol. The summed E-state index contributed by atoms with van der Waals surface area (Å²) in [5, 5.41) is 73.5. The van der Waals surface area contributed by atoms with Gasteiger partial charge in [0.05, 0.1) is 25.4 Å². The van der Waals surface area contributed by atoms with E-state index in [0.29, 0.717) is 0 Å². The van der Waals surface area contributed by atoms with Gasteiger partial charge in [0.25, 0.3) is 5.79 Å². The summed E-state index contributed by atoms with van der Waals surface area (Å²) in [5.41, 5.74) is 4.47. The maximum absolute atomic E-state index is 12.9. The lowest BCUT2D eigenvalue weighted by Crippen LogP contribution is -2.67. The van der Waals surface area contributed by atoms with E-state index < -0.39 is 106 Å². The summed E-state index contributed by atoms with van der Waals surface area (Å²) in [5.74, 6) is -4.05. The number of aliphatic hydroxyl groups is 6. The number of aliphatic carboxylic acids is 1. The number of hydrogen-bond acceptors (Lipinski definition) is 16. The molecule has 2 fully saturated rings. The van der Waals surface area contributed by atoms with Gasteiger partial charge in [0.1, 0.15) is 42.4 Å². The van der Waals surface area contributed by atoms with Crippen LogP contribution in [-0.4, -0.2) is 130 Å². The first-order valence-electron chi connectivity index (χ1n) is 12.9. The fourth-order valence-corrected chi connectivity index (χ4v) is 5.48. The number of carbonyl (C=O) groups excluding carboxylic acids is 1. The number of rotatable bonds is 13. The van der Waals surface area contributed by atoms with E-state index in [1.807, 2.05) is 0 Å². The van der Waals surface area contributed by atoms with Crippen LogP contribution in [0.25, 0.3) is 0 Å². The molecule has 44 heavy (non-hydrogen) atoms. The second-order valence-electron chi connectivity index (χ2n) is 9.89. The van der Waals surface area contributed by atoms with E-state index in [-0.39, 0.29) is 18.7 Å². The van der Waals surface area contributed by atoms with E-state index in [4.69, 9.17) is 30.7 Å². The molecular weight excluding hydrogens is 619 g/mol. The van der Waals surface area contributed by atoms with Gasteiger partial charge in [0.15, 0.2) is 6.23 Å². The molecule has 3 rings (SSSR count). The Kier molecular flexibility index (Phi) is 11.6. The number of nitrogens with one attached hydrogen (secondary N) is 1. The van der Waals surface area contributed by atoms with E-state index in [1.54, 1.807) is 0 Å². The van der Waals surface area contributed by atoms with E-state index in [9.17, 15) is 59.6 Å². The Labute approximate surface area is 248 Å². The number of phosphoric acid groups is 1. The summed E-state index contributed by atoms with van der Waals surface area (Å²) >= 11 is 0. The van der Waals surface area contributed by atoms with Crippen LogP contribution in [0.15, 0.2) is 17.1 Å². The Morgan fingerprint density at radius 2 is 2.00 bits per heavy atom. The molecule has 1 aromatic rings. The maximum Gasteiger partial charge on any atom is 0.475 e. The van der Waals surface area contributed by atoms with Crippen LogP contribution in [-0.2, 0) is 32.7 Å². The number of aromatic nitrogens is 2. The number of aliphatic hydroxyl groups excluding tert-OH is 6. The zero-order valence-electron chi connectivity index (χ0n) is 22.7. The number of amides is 1. The van der Waals surface area contributed by atoms with Crippen molar-refractivity contribution in [2.45, 2.75) is 80.0 Å². The molecule has 11 N–H and O–H groups in total. The van der Waals surface area contributed by atoms with Crippen LogP contribution < -0.4 is 16.7 Å². The number of phosphoric ester groups is 1. The minimum atomic E-state index is -5.55. The monoisotopic (exact) mass is 652 g/mol. The number of carbonyl (C=O) groups is 2. The maximum atomic E-state index is 12.9. The molecule has 0 bridgehead atoms. The highest BCUT2D eigenvalue weighted by atomic mass is 31.2. The molecule has 0 aliphatic carbocycles. The number of carboxylic acid groups (broad SMARTS) is 1. The lowest BCUT2D eigenvalue weighted by atomic mass is 9.88. The van der Waals surface area contributed by atoms with Crippen molar-refractivity contribution in [3.8, 4) is 12.3 Å². The van der Waals surface area contributed by atoms with Crippen molar-refractivity contribution in [1.82, 2.24) is 14.9 Å². The number of terminal acetylenes is 1. The molecule has 2 saturated heterocycles. The highest BCUT2D eigenvalue weighted by molar-refractivity contribution is 7.47. The third-order valence-corrected chi connectivity index (χ3v) is 7.77. The minimum absolute atomic E-state index is 0.0278. The summed E-state index contributed by atoms with van der Waals surface area (Å²) in [6.45, 7) is -2.10. The molecule has 21 heteroatoms. The fourth-order valence-electron chi connectivity index (χ4n) is 4.53. The van der Waals surface area contributed by atoms with E-state index in [2.05, 4.69) is 16.2 Å². The summed E-state index contributed by atoms with van der Waals surface area (Å²) in [4.78, 5) is 50.5. The van der Waals surface area contributed by atoms with Gasteiger partial charge in [-0.3, -0.25) is 13.9 Å². The van der Waals surface area contributed by atoms with Gasteiger partial charge < -0.3 is 61.2 Å². The number of nitrogens with zero attached hydrogens (tertiary/aromatic N) is 2. The van der Waals surface area contributed by atoms with Crippen molar-refractivity contribution in [3.05, 3.63) is 22.7 Å². The number of hydrogen-bond donors (Lipinski definition) is 10. The Morgan fingerprint density at radius 3 is 2.59 bits per heavy atom. The normalized spacial score (nSPS) is 33.1. The van der Waals surface area contributed by atoms with Crippen LogP contribution >= 0.6 is 7.82 Å². The molecule has 246 valence electrons. The van der Waals surface area contributed by atoms with Crippen LogP contribution in [0.2, 0.25) is 0 Å². The standard InChI is InChI=1S/C23H33N4O16P/c1-2-3-4-14(31)26-15-10(29)7-23(21(35)36,42-19(15)16(32)11(30)8-28)43-44(38,39)40-9-12-17(33)18(34)20(41-12)27-6-5-13(24)25-22(27)37/h1,5-6,10-12,15-20,28-30,32-34H,3-4,7-9H2,(H,26,31)(H,35,36)(H,38,39)(H2,24,25,37)/t10?,11-,12-,15-,16-,17?,18?,19?,20-,23-/m1/s1.